The summed E-state index contributed by atoms with van der Waals surface area (Å²) in [5.74, 6) is -0.682. The highest BCUT2D eigenvalue weighted by molar-refractivity contribution is 5.97. The Morgan fingerprint density at radius 1 is 1.10 bits per heavy atom. The number of hydrogen-bond acceptors (Lipinski definition) is 4. The molecule has 156 valence electrons. The van der Waals surface area contributed by atoms with Crippen LogP contribution in [0.2, 0.25) is 0 Å². The van der Waals surface area contributed by atoms with Gasteiger partial charge in [0.25, 0.3) is 11.8 Å². The predicted molar refractivity (Wildman–Crippen MR) is 118 cm³/mol. The molecule has 2 aromatic carbocycles. The Labute approximate surface area is 176 Å². The molecular weight excluding hydrogens is 378 g/mol. The van der Waals surface area contributed by atoms with Crippen LogP contribution >= 0.6 is 0 Å². The summed E-state index contributed by atoms with van der Waals surface area (Å²) in [4.78, 5) is 24.4. The van der Waals surface area contributed by atoms with Crippen molar-refractivity contribution in [3.8, 4) is 5.69 Å². The molecule has 3 rings (SSSR count). The summed E-state index contributed by atoms with van der Waals surface area (Å²) in [6.07, 6.45) is 0. The molecule has 0 saturated carbocycles. The van der Waals surface area contributed by atoms with Crippen molar-refractivity contribution in [2.75, 3.05) is 5.73 Å². The quantitative estimate of drug-likeness (QED) is 0.584. The van der Waals surface area contributed by atoms with E-state index < -0.39 is 5.91 Å². The average molecular weight is 406 g/mol. The first-order chi connectivity index (χ1) is 14.2. The highest BCUT2D eigenvalue weighted by Gasteiger charge is 2.22. The van der Waals surface area contributed by atoms with Crippen molar-refractivity contribution in [3.63, 3.8) is 0 Å². The summed E-state index contributed by atoms with van der Waals surface area (Å²) in [5.41, 5.74) is 17.0. The van der Waals surface area contributed by atoms with E-state index in [1.54, 1.807) is 0 Å². The largest absolute Gasteiger partial charge is 0.395 e. The number of hydrogen-bond donors (Lipinski definition) is 3. The van der Waals surface area contributed by atoms with E-state index in [9.17, 15) is 9.59 Å². The zero-order chi connectivity index (χ0) is 22.0. The zero-order valence-corrected chi connectivity index (χ0v) is 17.7. The number of benzene rings is 2. The number of carbonyl (C=O) groups is 2. The molecule has 0 atom stereocenters. The number of carbonyl (C=O) groups excluding carboxylic acids is 2. The van der Waals surface area contributed by atoms with E-state index in [1.807, 2.05) is 70.2 Å². The molecule has 1 heterocycles. The summed E-state index contributed by atoms with van der Waals surface area (Å²) < 4.78 is 1.48. The van der Waals surface area contributed by atoms with Crippen LogP contribution < -0.4 is 16.8 Å². The molecule has 1 aromatic heterocycles. The van der Waals surface area contributed by atoms with Gasteiger partial charge in [0.2, 0.25) is 0 Å². The Morgan fingerprint density at radius 2 is 1.77 bits per heavy atom. The van der Waals surface area contributed by atoms with Gasteiger partial charge in [-0.1, -0.05) is 43.7 Å². The van der Waals surface area contributed by atoms with Crippen molar-refractivity contribution in [2.45, 2.75) is 40.2 Å². The number of amides is 2. The van der Waals surface area contributed by atoms with Gasteiger partial charge < -0.3 is 16.8 Å². The minimum Gasteiger partial charge on any atom is -0.395 e. The Morgan fingerprint density at radius 3 is 2.37 bits per heavy atom. The molecule has 0 spiro atoms. The summed E-state index contributed by atoms with van der Waals surface area (Å²) >= 11 is 0. The maximum absolute atomic E-state index is 12.5. The minimum absolute atomic E-state index is 0.0592. The number of nitrogen functional groups attached to an aromatic ring is 1. The molecule has 0 bridgehead atoms. The van der Waals surface area contributed by atoms with Crippen LogP contribution in [0.15, 0.2) is 42.5 Å². The van der Waals surface area contributed by atoms with Gasteiger partial charge in [0.05, 0.1) is 17.1 Å². The molecule has 2 amide bonds. The van der Waals surface area contributed by atoms with Crippen molar-refractivity contribution in [3.05, 3.63) is 76.1 Å². The second kappa shape index (κ2) is 8.41. The fourth-order valence-electron chi connectivity index (χ4n) is 3.31. The molecule has 5 N–H and O–H groups in total. The lowest BCUT2D eigenvalue weighted by molar-refractivity contribution is 0.0948. The van der Waals surface area contributed by atoms with E-state index >= 15 is 0 Å². The number of primary amides is 1. The smallest absolute Gasteiger partial charge is 0.269 e. The second-order valence-electron chi connectivity index (χ2n) is 7.75. The van der Waals surface area contributed by atoms with Gasteiger partial charge in [-0.05, 0) is 49.1 Å². The van der Waals surface area contributed by atoms with E-state index in [0.29, 0.717) is 29.2 Å². The molecule has 30 heavy (non-hydrogen) atoms. The lowest BCUT2D eigenvalue weighted by Crippen LogP contribution is -2.23. The van der Waals surface area contributed by atoms with Crippen molar-refractivity contribution in [1.82, 2.24) is 15.1 Å². The van der Waals surface area contributed by atoms with Gasteiger partial charge in [0, 0.05) is 12.1 Å². The fourth-order valence-corrected chi connectivity index (χ4v) is 3.31. The van der Waals surface area contributed by atoms with Crippen molar-refractivity contribution in [2.24, 2.45) is 5.73 Å². The molecule has 7 nitrogen and oxygen atoms in total. The summed E-state index contributed by atoms with van der Waals surface area (Å²) in [6, 6.07) is 13.2. The van der Waals surface area contributed by atoms with Gasteiger partial charge in [0.15, 0.2) is 5.69 Å². The molecule has 0 aliphatic rings. The fraction of sp³-hybridized carbons (Fsp3) is 0.261. The number of anilines is 1. The van der Waals surface area contributed by atoms with E-state index in [-0.39, 0.29) is 17.5 Å². The third-order valence-electron chi connectivity index (χ3n) is 5.00. The standard InChI is InChI=1S/C23H27N5O2/c1-13(2)20-19(24)21(22(25)29)28(27-20)17-9-7-16(8-10-17)12-26-23(30)18-11-14(3)5-6-15(18)4/h5-11,13H,12,24H2,1-4H3,(H2,25,29)(H,26,30). The van der Waals surface area contributed by atoms with E-state index in [4.69, 9.17) is 11.5 Å². The zero-order valence-electron chi connectivity index (χ0n) is 17.7. The third kappa shape index (κ3) is 4.20. The van der Waals surface area contributed by atoms with Gasteiger partial charge in [-0.2, -0.15) is 5.10 Å². The lowest BCUT2D eigenvalue weighted by Gasteiger charge is -2.10. The Hall–Kier alpha value is -3.61. The first kappa shape index (κ1) is 21.1. The number of nitrogens with one attached hydrogen (secondary N) is 1. The van der Waals surface area contributed by atoms with Gasteiger partial charge in [-0.3, -0.25) is 9.59 Å². The number of rotatable bonds is 6. The van der Waals surface area contributed by atoms with Crippen molar-refractivity contribution >= 4 is 17.5 Å². The molecule has 0 aliphatic heterocycles. The number of aromatic nitrogens is 2. The maximum atomic E-state index is 12.5. The minimum atomic E-state index is -0.628. The number of aryl methyl sites for hydroxylation is 2. The molecule has 0 unspecified atom stereocenters. The van der Waals surface area contributed by atoms with Crippen LogP contribution in [0.4, 0.5) is 5.69 Å². The number of nitrogens with zero attached hydrogens (tertiary/aromatic N) is 2. The summed E-state index contributed by atoms with van der Waals surface area (Å²) in [7, 11) is 0. The molecule has 0 fully saturated rings. The monoisotopic (exact) mass is 405 g/mol. The first-order valence-corrected chi connectivity index (χ1v) is 9.82. The van der Waals surface area contributed by atoms with Crippen LogP contribution in [0.25, 0.3) is 5.69 Å². The van der Waals surface area contributed by atoms with E-state index in [0.717, 1.165) is 16.7 Å². The Kier molecular flexibility index (Phi) is 5.91. The molecule has 0 radical (unpaired) electrons. The topological polar surface area (TPSA) is 116 Å². The van der Waals surface area contributed by atoms with Crippen LogP contribution in [0.1, 0.15) is 63.0 Å². The number of nitrogens with two attached hydrogens (primary N) is 2. The first-order valence-electron chi connectivity index (χ1n) is 9.82. The highest BCUT2D eigenvalue weighted by atomic mass is 16.2. The summed E-state index contributed by atoms with van der Waals surface area (Å²) in [6.45, 7) is 8.17. The highest BCUT2D eigenvalue weighted by Crippen LogP contribution is 2.26. The normalized spacial score (nSPS) is 11.0. The van der Waals surface area contributed by atoms with Gasteiger partial charge in [0.1, 0.15) is 0 Å². The van der Waals surface area contributed by atoms with Gasteiger partial charge in [-0.15, -0.1) is 0 Å². The molecule has 7 heteroatoms. The Bertz CT molecular complexity index is 1100. The van der Waals surface area contributed by atoms with Crippen LogP contribution in [0.5, 0.6) is 0 Å². The van der Waals surface area contributed by atoms with Crippen LogP contribution in [0.3, 0.4) is 0 Å². The van der Waals surface area contributed by atoms with Crippen LogP contribution in [-0.2, 0) is 6.54 Å². The second-order valence-corrected chi connectivity index (χ2v) is 7.75. The SMILES string of the molecule is Cc1ccc(C)c(C(=O)NCc2ccc(-n3nc(C(C)C)c(N)c3C(N)=O)cc2)c1. The van der Waals surface area contributed by atoms with Crippen LogP contribution in [-0.4, -0.2) is 21.6 Å². The summed E-state index contributed by atoms with van der Waals surface area (Å²) in [5, 5.41) is 7.43. The maximum Gasteiger partial charge on any atom is 0.269 e. The third-order valence-corrected chi connectivity index (χ3v) is 5.00. The molecule has 3 aromatic rings. The van der Waals surface area contributed by atoms with E-state index in [1.165, 1.54) is 4.68 Å². The molecule has 0 aliphatic carbocycles. The van der Waals surface area contributed by atoms with Gasteiger partial charge >= 0.3 is 0 Å². The molecular formula is C23H27N5O2. The lowest BCUT2D eigenvalue weighted by atomic mass is 10.0. The van der Waals surface area contributed by atoms with Gasteiger partial charge in [-0.25, -0.2) is 4.68 Å². The van der Waals surface area contributed by atoms with Crippen molar-refractivity contribution < 1.29 is 9.59 Å². The molecule has 0 saturated heterocycles. The van der Waals surface area contributed by atoms with Crippen molar-refractivity contribution in [1.29, 1.82) is 0 Å². The van der Waals surface area contributed by atoms with Crippen LogP contribution in [0, 0.1) is 13.8 Å². The predicted octanol–water partition coefficient (Wildman–Crippen LogP) is 3.22. The Balaban J connectivity index is 1.79. The van der Waals surface area contributed by atoms with E-state index in [2.05, 4.69) is 10.4 Å². The average Bonchev–Trinajstić information content (AvgIpc) is 3.06.